The second-order valence-corrected chi connectivity index (χ2v) is 6.15. The van der Waals surface area contributed by atoms with Gasteiger partial charge in [-0.15, -0.1) is 0 Å². The highest BCUT2D eigenvalue weighted by Gasteiger charge is 2.10. The lowest BCUT2D eigenvalue weighted by Gasteiger charge is -2.16. The summed E-state index contributed by atoms with van der Waals surface area (Å²) in [7, 11) is 0. The Bertz CT molecular complexity index is 414. The number of halogens is 2. The minimum absolute atomic E-state index is 0.0585. The maximum Gasteiger partial charge on any atom is 0.264 e. The molecule has 2 nitrogen and oxygen atoms in total. The maximum absolute atomic E-state index is 11.9. The van der Waals surface area contributed by atoms with Crippen molar-refractivity contribution in [1.82, 2.24) is 4.57 Å². The average molecular weight is 365 g/mol. The van der Waals surface area contributed by atoms with Crippen molar-refractivity contribution < 1.29 is 0 Å². The number of rotatable bonds is 6. The van der Waals surface area contributed by atoms with Gasteiger partial charge in [-0.1, -0.05) is 33.1 Å². The lowest BCUT2D eigenvalue weighted by molar-refractivity contribution is 0.384. The molecule has 1 atom stereocenters. The van der Waals surface area contributed by atoms with Gasteiger partial charge in [0.25, 0.3) is 5.56 Å². The third-order valence-electron chi connectivity index (χ3n) is 3.01. The Morgan fingerprint density at radius 1 is 1.35 bits per heavy atom. The molecule has 1 rings (SSSR count). The van der Waals surface area contributed by atoms with Crippen LogP contribution in [0, 0.1) is 5.92 Å². The Morgan fingerprint density at radius 2 is 2.06 bits per heavy atom. The van der Waals surface area contributed by atoms with Crippen LogP contribution in [0.2, 0.25) is 0 Å². The molecule has 4 heteroatoms. The fourth-order valence-corrected chi connectivity index (χ4v) is 3.15. The molecule has 1 unspecified atom stereocenters. The normalized spacial score (nSPS) is 12.7. The molecule has 0 bridgehead atoms. The van der Waals surface area contributed by atoms with Crippen molar-refractivity contribution in [2.24, 2.45) is 5.92 Å². The van der Waals surface area contributed by atoms with E-state index < -0.39 is 0 Å². The number of hydrogen-bond acceptors (Lipinski definition) is 1. The highest BCUT2D eigenvalue weighted by atomic mass is 79.9. The Hall–Kier alpha value is -0.0900. The standard InChI is InChI=1S/C13H19Br2NO/c1-3-5-6-10(4-2)8-16-9-11(14)7-12(15)13(16)17/h7,9-10H,3-6,8H2,1-2H3. The van der Waals surface area contributed by atoms with Crippen molar-refractivity contribution in [2.75, 3.05) is 0 Å². The fourth-order valence-electron chi connectivity index (χ4n) is 1.90. The Morgan fingerprint density at radius 3 is 2.65 bits per heavy atom. The van der Waals surface area contributed by atoms with Crippen LogP contribution in [0.3, 0.4) is 0 Å². The second kappa shape index (κ2) is 7.37. The lowest BCUT2D eigenvalue weighted by atomic mass is 9.99. The van der Waals surface area contributed by atoms with Gasteiger partial charge in [-0.25, -0.2) is 0 Å². The van der Waals surface area contributed by atoms with Gasteiger partial charge in [0.15, 0.2) is 0 Å². The summed E-state index contributed by atoms with van der Waals surface area (Å²) in [5.41, 5.74) is 0.0585. The summed E-state index contributed by atoms with van der Waals surface area (Å²) in [6, 6.07) is 1.80. The number of unbranched alkanes of at least 4 members (excludes halogenated alkanes) is 1. The Kier molecular flexibility index (Phi) is 6.49. The maximum atomic E-state index is 11.9. The molecule has 96 valence electrons. The van der Waals surface area contributed by atoms with Crippen LogP contribution in [0.5, 0.6) is 0 Å². The second-order valence-electron chi connectivity index (χ2n) is 4.38. The molecule has 0 aliphatic heterocycles. The van der Waals surface area contributed by atoms with Crippen LogP contribution in [-0.4, -0.2) is 4.57 Å². The molecule has 0 aliphatic carbocycles. The Labute approximate surface area is 120 Å². The molecule has 0 saturated carbocycles. The predicted molar refractivity (Wildman–Crippen MR) is 79.4 cm³/mol. The SMILES string of the molecule is CCCCC(CC)Cn1cc(Br)cc(Br)c1=O. The highest BCUT2D eigenvalue weighted by molar-refractivity contribution is 9.11. The van der Waals surface area contributed by atoms with Crippen molar-refractivity contribution in [2.45, 2.75) is 46.1 Å². The van der Waals surface area contributed by atoms with E-state index in [1.807, 2.05) is 6.20 Å². The zero-order chi connectivity index (χ0) is 12.8. The molecule has 0 spiro atoms. The van der Waals surface area contributed by atoms with E-state index in [2.05, 4.69) is 45.7 Å². The molecule has 0 saturated heterocycles. The molecule has 0 amide bonds. The van der Waals surface area contributed by atoms with E-state index in [1.54, 1.807) is 10.6 Å². The summed E-state index contributed by atoms with van der Waals surface area (Å²) in [4.78, 5) is 11.9. The first-order chi connectivity index (χ1) is 8.08. The van der Waals surface area contributed by atoms with Crippen LogP contribution in [-0.2, 0) is 6.54 Å². The monoisotopic (exact) mass is 363 g/mol. The fraction of sp³-hybridized carbons (Fsp3) is 0.615. The van der Waals surface area contributed by atoms with Gasteiger partial charge >= 0.3 is 0 Å². The zero-order valence-corrected chi connectivity index (χ0v) is 13.6. The largest absolute Gasteiger partial charge is 0.313 e. The molecule has 0 radical (unpaired) electrons. The number of pyridine rings is 1. The molecule has 0 fully saturated rings. The van der Waals surface area contributed by atoms with Crippen LogP contribution in [0.1, 0.15) is 39.5 Å². The van der Waals surface area contributed by atoms with Crippen molar-refractivity contribution >= 4 is 31.9 Å². The minimum Gasteiger partial charge on any atom is -0.313 e. The van der Waals surface area contributed by atoms with Crippen molar-refractivity contribution in [3.8, 4) is 0 Å². The van der Waals surface area contributed by atoms with E-state index in [0.717, 1.165) is 17.4 Å². The topological polar surface area (TPSA) is 22.0 Å². The first-order valence-electron chi connectivity index (χ1n) is 6.14. The summed E-state index contributed by atoms with van der Waals surface area (Å²) >= 11 is 6.72. The predicted octanol–water partition coefficient (Wildman–Crippen LogP) is 4.59. The smallest absolute Gasteiger partial charge is 0.264 e. The van der Waals surface area contributed by atoms with Gasteiger partial charge in [0, 0.05) is 17.2 Å². The number of nitrogens with zero attached hydrogens (tertiary/aromatic N) is 1. The van der Waals surface area contributed by atoms with Crippen molar-refractivity contribution in [1.29, 1.82) is 0 Å². The molecule has 0 aromatic carbocycles. The third-order valence-corrected chi connectivity index (χ3v) is 4.01. The van der Waals surface area contributed by atoms with E-state index >= 15 is 0 Å². The van der Waals surface area contributed by atoms with Gasteiger partial charge in [-0.3, -0.25) is 4.79 Å². The average Bonchev–Trinajstić information content (AvgIpc) is 2.30. The van der Waals surface area contributed by atoms with Crippen LogP contribution < -0.4 is 5.56 Å². The summed E-state index contributed by atoms with van der Waals surface area (Å²) in [6.45, 7) is 5.21. The van der Waals surface area contributed by atoms with Crippen LogP contribution >= 0.6 is 31.9 Å². The Balaban J connectivity index is 2.82. The molecule has 0 N–H and O–H groups in total. The quantitative estimate of drug-likeness (QED) is 0.723. The van der Waals surface area contributed by atoms with Crippen LogP contribution in [0.4, 0.5) is 0 Å². The molecule has 1 aromatic heterocycles. The van der Waals surface area contributed by atoms with Gasteiger partial charge < -0.3 is 4.57 Å². The van der Waals surface area contributed by atoms with Gasteiger partial charge in [0.1, 0.15) is 0 Å². The minimum atomic E-state index is 0.0585. The molecule has 0 aliphatic rings. The van der Waals surface area contributed by atoms with Crippen LogP contribution in [0.25, 0.3) is 0 Å². The van der Waals surface area contributed by atoms with Crippen LogP contribution in [0.15, 0.2) is 26.0 Å². The molecule has 17 heavy (non-hydrogen) atoms. The van der Waals surface area contributed by atoms with E-state index in [4.69, 9.17) is 0 Å². The van der Waals surface area contributed by atoms with Crippen molar-refractivity contribution in [3.63, 3.8) is 0 Å². The molecular formula is C13H19Br2NO. The lowest BCUT2D eigenvalue weighted by Crippen LogP contribution is -2.24. The first kappa shape index (κ1) is 15.0. The van der Waals surface area contributed by atoms with Gasteiger partial charge in [-0.05, 0) is 50.3 Å². The summed E-state index contributed by atoms with van der Waals surface area (Å²) < 4.78 is 3.37. The first-order valence-corrected chi connectivity index (χ1v) is 7.72. The number of hydrogen-bond donors (Lipinski definition) is 0. The molecule has 1 aromatic rings. The van der Waals surface area contributed by atoms with E-state index in [-0.39, 0.29) is 5.56 Å². The van der Waals surface area contributed by atoms with Gasteiger partial charge in [0.05, 0.1) is 4.47 Å². The van der Waals surface area contributed by atoms with E-state index in [9.17, 15) is 4.79 Å². The van der Waals surface area contributed by atoms with E-state index in [0.29, 0.717) is 10.4 Å². The third kappa shape index (κ3) is 4.59. The van der Waals surface area contributed by atoms with Gasteiger partial charge in [0.2, 0.25) is 0 Å². The summed E-state index contributed by atoms with van der Waals surface area (Å²) in [5, 5.41) is 0. The van der Waals surface area contributed by atoms with Crippen molar-refractivity contribution in [3.05, 3.63) is 31.6 Å². The number of aromatic nitrogens is 1. The zero-order valence-electron chi connectivity index (χ0n) is 10.4. The van der Waals surface area contributed by atoms with E-state index in [1.165, 1.54) is 19.3 Å². The highest BCUT2D eigenvalue weighted by Crippen LogP contribution is 2.17. The molecule has 1 heterocycles. The summed E-state index contributed by atoms with van der Waals surface area (Å²) in [6.07, 6.45) is 6.65. The summed E-state index contributed by atoms with van der Waals surface area (Å²) in [5.74, 6) is 0.592. The van der Waals surface area contributed by atoms with Gasteiger partial charge in [-0.2, -0.15) is 0 Å². The molecular weight excluding hydrogens is 346 g/mol.